The number of nitrogens with zero attached hydrogens (tertiary/aromatic N) is 2. The lowest BCUT2D eigenvalue weighted by atomic mass is 10.0. The quantitative estimate of drug-likeness (QED) is 0.0458. The highest BCUT2D eigenvalue weighted by Crippen LogP contribution is 2.13. The second-order valence-electron chi connectivity index (χ2n) is 7.95. The molecule has 0 fully saturated rings. The highest BCUT2D eigenvalue weighted by atomic mass is 16.5. The molecule has 0 aliphatic carbocycles. The van der Waals surface area contributed by atoms with Crippen LogP contribution in [-0.4, -0.2) is 195 Å². The van der Waals surface area contributed by atoms with E-state index in [-0.39, 0.29) is 46.1 Å². The molecule has 0 atom stereocenters. The molecule has 0 aromatic rings. The Labute approximate surface area is 220 Å². The van der Waals surface area contributed by atoms with Crippen molar-refractivity contribution in [1.82, 2.24) is 9.80 Å². The number of aliphatic hydroxyl groups excluding tert-OH is 8. The van der Waals surface area contributed by atoms with Crippen molar-refractivity contribution in [3.8, 4) is 0 Å². The number of ether oxygens (including phenoxy) is 4. The van der Waals surface area contributed by atoms with E-state index in [1.165, 1.54) is 4.90 Å². The maximum atomic E-state index is 9.08. The van der Waals surface area contributed by atoms with Crippen LogP contribution in [0.1, 0.15) is 6.42 Å². The van der Waals surface area contributed by atoms with Crippen molar-refractivity contribution in [1.29, 1.82) is 0 Å². The molecule has 0 aliphatic rings. The molecule has 14 nitrogen and oxygen atoms in total. The summed E-state index contributed by atoms with van der Waals surface area (Å²) in [7, 11) is 0. The zero-order valence-electron chi connectivity index (χ0n) is 22.2. The Hall–Kier alpha value is -0.560. The Kier molecular flexibility index (Phi) is 31.3. The minimum atomic E-state index is -1.18. The predicted molar refractivity (Wildman–Crippen MR) is 135 cm³/mol. The second-order valence-corrected chi connectivity index (χ2v) is 7.95. The molecule has 8 N–H and O–H groups in total. The number of β-amino-alcohol motifs (C(OH)–C–C–N with tert-alkyl or cyclic N) is 2. The van der Waals surface area contributed by atoms with Crippen molar-refractivity contribution in [2.75, 3.05) is 138 Å². The average Bonchev–Trinajstić information content (AvgIpc) is 2.92. The van der Waals surface area contributed by atoms with E-state index < -0.39 is 25.4 Å². The number of hydrogen-bond acceptors (Lipinski definition) is 14. The minimum absolute atomic E-state index is 0.0278. The van der Waals surface area contributed by atoms with Gasteiger partial charge in [0.25, 0.3) is 0 Å². The van der Waals surface area contributed by atoms with Crippen LogP contribution in [0.25, 0.3) is 0 Å². The average molecular weight is 549 g/mol. The van der Waals surface area contributed by atoms with E-state index in [2.05, 4.69) is 4.90 Å². The first-order valence-electron chi connectivity index (χ1n) is 12.7. The topological polar surface area (TPSA) is 205 Å². The predicted octanol–water partition coefficient (Wildman–Crippen LogP) is -4.29. The van der Waals surface area contributed by atoms with Gasteiger partial charge in [0.1, 0.15) is 0 Å². The van der Waals surface area contributed by atoms with Crippen molar-refractivity contribution in [2.24, 2.45) is 0 Å². The lowest BCUT2D eigenvalue weighted by Gasteiger charge is -2.39. The standard InChI is InChI=1S/C15H33NO7.C8H19NO5/c17-5-1-2-16(3-8-20-12-14-22-10-6-18)4-9-21-13-15-23-11-7-19;10-3-1-9(2-4-11)8(5-12,6-13)7-14/h17-19H,1-15H2;10-14H,1-7H2. The largest absolute Gasteiger partial charge is 0.396 e. The van der Waals surface area contributed by atoms with Crippen molar-refractivity contribution in [3.63, 3.8) is 0 Å². The molecule has 0 saturated heterocycles. The summed E-state index contributed by atoms with van der Waals surface area (Å²) in [4.78, 5) is 3.65. The van der Waals surface area contributed by atoms with E-state index in [0.717, 1.165) is 26.1 Å². The first-order valence-corrected chi connectivity index (χ1v) is 12.7. The van der Waals surface area contributed by atoms with Gasteiger partial charge >= 0.3 is 0 Å². The zero-order valence-corrected chi connectivity index (χ0v) is 22.2. The maximum absolute atomic E-state index is 9.08. The number of aliphatic hydroxyl groups is 8. The molecule has 14 heteroatoms. The highest BCUT2D eigenvalue weighted by Gasteiger charge is 2.34. The summed E-state index contributed by atoms with van der Waals surface area (Å²) in [6.45, 7) is 5.13. The van der Waals surface area contributed by atoms with Gasteiger partial charge in [-0.05, 0) is 6.42 Å². The van der Waals surface area contributed by atoms with Crippen molar-refractivity contribution in [2.45, 2.75) is 12.0 Å². The molecule has 0 aliphatic heterocycles. The van der Waals surface area contributed by atoms with Crippen LogP contribution in [0.2, 0.25) is 0 Å². The van der Waals surface area contributed by atoms with Gasteiger partial charge in [-0.1, -0.05) is 0 Å². The van der Waals surface area contributed by atoms with E-state index in [9.17, 15) is 0 Å². The SMILES string of the molecule is OCCCN(CCOCCOCCO)CCOCCOCCO.OCCN(CCO)C(CO)(CO)CO. The van der Waals surface area contributed by atoms with Crippen molar-refractivity contribution in [3.05, 3.63) is 0 Å². The maximum Gasteiger partial charge on any atom is 0.0908 e. The number of hydrogen-bond donors (Lipinski definition) is 8. The van der Waals surface area contributed by atoms with Crippen LogP contribution in [-0.2, 0) is 18.9 Å². The molecule has 0 aromatic heterocycles. The molecule has 37 heavy (non-hydrogen) atoms. The van der Waals surface area contributed by atoms with Crippen LogP contribution in [0.4, 0.5) is 0 Å². The zero-order chi connectivity index (χ0) is 28.0. The summed E-state index contributed by atoms with van der Waals surface area (Å²) in [5, 5.41) is 70.8. The monoisotopic (exact) mass is 548 g/mol. The Morgan fingerprint density at radius 1 is 0.405 bits per heavy atom. The van der Waals surface area contributed by atoms with Gasteiger partial charge in [-0.2, -0.15) is 0 Å². The summed E-state index contributed by atoms with van der Waals surface area (Å²) in [5.41, 5.74) is -1.18. The molecule has 0 heterocycles. The van der Waals surface area contributed by atoms with Crippen LogP contribution in [0.3, 0.4) is 0 Å². The first kappa shape index (κ1) is 38.6. The molecule has 0 bridgehead atoms. The van der Waals surface area contributed by atoms with Crippen LogP contribution < -0.4 is 0 Å². The highest BCUT2D eigenvalue weighted by molar-refractivity contribution is 4.89. The van der Waals surface area contributed by atoms with E-state index in [1.807, 2.05) is 0 Å². The summed E-state index contributed by atoms with van der Waals surface area (Å²) in [6.07, 6.45) is 0.721. The lowest BCUT2D eigenvalue weighted by Crippen LogP contribution is -2.58. The smallest absolute Gasteiger partial charge is 0.0908 e. The molecular weight excluding hydrogens is 496 g/mol. The van der Waals surface area contributed by atoms with Gasteiger partial charge in [-0.25, -0.2) is 0 Å². The van der Waals surface area contributed by atoms with Crippen LogP contribution in [0.5, 0.6) is 0 Å². The van der Waals surface area contributed by atoms with Crippen LogP contribution >= 0.6 is 0 Å². The molecule has 0 saturated carbocycles. The van der Waals surface area contributed by atoms with E-state index in [1.54, 1.807) is 0 Å². The molecule has 0 radical (unpaired) electrons. The Bertz CT molecular complexity index is 404. The van der Waals surface area contributed by atoms with Crippen LogP contribution in [0, 0.1) is 0 Å². The Morgan fingerprint density at radius 2 is 0.811 bits per heavy atom. The van der Waals surface area contributed by atoms with Crippen molar-refractivity contribution >= 4 is 0 Å². The van der Waals surface area contributed by atoms with Gasteiger partial charge in [0.15, 0.2) is 0 Å². The van der Waals surface area contributed by atoms with Gasteiger partial charge < -0.3 is 59.8 Å². The van der Waals surface area contributed by atoms with E-state index >= 15 is 0 Å². The molecule has 0 unspecified atom stereocenters. The fourth-order valence-electron chi connectivity index (χ4n) is 3.07. The Morgan fingerprint density at radius 3 is 1.14 bits per heavy atom. The molecule has 0 aromatic carbocycles. The van der Waals surface area contributed by atoms with E-state index in [0.29, 0.717) is 52.9 Å². The van der Waals surface area contributed by atoms with Gasteiger partial charge in [-0.3, -0.25) is 9.80 Å². The fourth-order valence-corrected chi connectivity index (χ4v) is 3.07. The van der Waals surface area contributed by atoms with E-state index in [4.69, 9.17) is 59.8 Å². The lowest BCUT2D eigenvalue weighted by molar-refractivity contribution is -0.0578. The van der Waals surface area contributed by atoms with Gasteiger partial charge in [-0.15, -0.1) is 0 Å². The van der Waals surface area contributed by atoms with Gasteiger partial charge in [0.05, 0.1) is 105 Å². The third-order valence-corrected chi connectivity index (χ3v) is 5.25. The normalized spacial score (nSPS) is 11.8. The molecule has 0 rings (SSSR count). The number of rotatable bonds is 27. The summed E-state index contributed by atoms with van der Waals surface area (Å²) < 4.78 is 21.1. The van der Waals surface area contributed by atoms with Crippen LogP contribution in [0.15, 0.2) is 0 Å². The molecular formula is C23H52N2O12. The van der Waals surface area contributed by atoms with Crippen molar-refractivity contribution < 1.29 is 59.8 Å². The van der Waals surface area contributed by atoms with Gasteiger partial charge in [0, 0.05) is 39.3 Å². The minimum Gasteiger partial charge on any atom is -0.396 e. The molecule has 226 valence electrons. The Balaban J connectivity index is 0. The third-order valence-electron chi connectivity index (χ3n) is 5.25. The van der Waals surface area contributed by atoms with Gasteiger partial charge in [0.2, 0.25) is 0 Å². The third kappa shape index (κ3) is 22.0. The second kappa shape index (κ2) is 30.0. The summed E-state index contributed by atoms with van der Waals surface area (Å²) in [5.74, 6) is 0. The molecule has 0 amide bonds. The first-order chi connectivity index (χ1) is 18.0. The summed E-state index contributed by atoms with van der Waals surface area (Å²) in [6, 6.07) is 0. The molecule has 0 spiro atoms. The summed E-state index contributed by atoms with van der Waals surface area (Å²) >= 11 is 0. The fraction of sp³-hybridized carbons (Fsp3) is 1.00.